The average Bonchev–Trinajstić information content (AvgIpc) is 2.45. The first-order valence-corrected chi connectivity index (χ1v) is 7.29. The van der Waals surface area contributed by atoms with Crippen LogP contribution in [-0.4, -0.2) is 6.54 Å². The molecule has 2 rings (SSSR count). The number of nitrogens with one attached hydrogen (secondary N) is 1. The maximum Gasteiger partial charge on any atom is 0.131 e. The van der Waals surface area contributed by atoms with Crippen molar-refractivity contribution in [1.82, 2.24) is 5.32 Å². The first-order valence-electron chi connectivity index (χ1n) is 6.91. The van der Waals surface area contributed by atoms with Crippen molar-refractivity contribution < 1.29 is 4.39 Å². The Kier molecular flexibility index (Phi) is 5.16. The molecule has 0 aliphatic carbocycles. The Hall–Kier alpha value is -1.38. The van der Waals surface area contributed by atoms with Crippen molar-refractivity contribution in [3.8, 4) is 11.1 Å². The lowest BCUT2D eigenvalue weighted by Crippen LogP contribution is -2.19. The summed E-state index contributed by atoms with van der Waals surface area (Å²) in [4.78, 5) is 0. The lowest BCUT2D eigenvalue weighted by molar-refractivity contribution is 0.571. The minimum Gasteiger partial charge on any atom is -0.310 e. The van der Waals surface area contributed by atoms with Gasteiger partial charge in [-0.2, -0.15) is 0 Å². The van der Waals surface area contributed by atoms with Crippen molar-refractivity contribution >= 4 is 11.6 Å². The number of hydrogen-bond acceptors (Lipinski definition) is 1. The van der Waals surface area contributed by atoms with E-state index in [4.69, 9.17) is 11.6 Å². The van der Waals surface area contributed by atoms with Crippen molar-refractivity contribution in [3.05, 3.63) is 58.9 Å². The van der Waals surface area contributed by atoms with Crippen LogP contribution in [-0.2, 0) is 0 Å². The SMILES string of the molecule is CCCNC(C)c1ccc(-c2ccccc2F)cc1Cl. The zero-order valence-corrected chi connectivity index (χ0v) is 12.5. The molecule has 1 unspecified atom stereocenters. The third-order valence-corrected chi connectivity index (χ3v) is 3.68. The van der Waals surface area contributed by atoms with E-state index in [0.29, 0.717) is 10.6 Å². The van der Waals surface area contributed by atoms with Crippen LogP contribution >= 0.6 is 11.6 Å². The predicted molar refractivity (Wildman–Crippen MR) is 83.6 cm³/mol. The van der Waals surface area contributed by atoms with E-state index in [1.807, 2.05) is 24.3 Å². The van der Waals surface area contributed by atoms with Crippen molar-refractivity contribution in [2.75, 3.05) is 6.54 Å². The molecule has 106 valence electrons. The Bertz CT molecular complexity index is 583. The molecule has 0 saturated carbocycles. The van der Waals surface area contributed by atoms with Crippen LogP contribution in [0.2, 0.25) is 5.02 Å². The molecular formula is C17H19ClFN. The molecule has 1 atom stereocenters. The second-order valence-electron chi connectivity index (χ2n) is 4.89. The third-order valence-electron chi connectivity index (χ3n) is 3.35. The fourth-order valence-electron chi connectivity index (χ4n) is 2.21. The van der Waals surface area contributed by atoms with Crippen LogP contribution in [0, 0.1) is 5.82 Å². The zero-order valence-electron chi connectivity index (χ0n) is 11.8. The Morgan fingerprint density at radius 2 is 1.95 bits per heavy atom. The molecular weight excluding hydrogens is 273 g/mol. The summed E-state index contributed by atoms with van der Waals surface area (Å²) in [7, 11) is 0. The predicted octanol–water partition coefficient (Wildman–Crippen LogP) is 5.21. The van der Waals surface area contributed by atoms with Crippen molar-refractivity contribution in [3.63, 3.8) is 0 Å². The van der Waals surface area contributed by atoms with E-state index in [1.165, 1.54) is 6.07 Å². The van der Waals surface area contributed by atoms with Gasteiger partial charge < -0.3 is 5.32 Å². The molecule has 1 nitrogen and oxygen atoms in total. The summed E-state index contributed by atoms with van der Waals surface area (Å²) >= 11 is 6.34. The van der Waals surface area contributed by atoms with Gasteiger partial charge in [0.05, 0.1) is 0 Å². The highest BCUT2D eigenvalue weighted by Gasteiger charge is 2.11. The average molecular weight is 292 g/mol. The highest BCUT2D eigenvalue weighted by molar-refractivity contribution is 6.31. The fraction of sp³-hybridized carbons (Fsp3) is 0.294. The van der Waals surface area contributed by atoms with Gasteiger partial charge in [-0.1, -0.05) is 48.9 Å². The summed E-state index contributed by atoms with van der Waals surface area (Å²) in [6.45, 7) is 5.16. The number of benzene rings is 2. The Morgan fingerprint density at radius 3 is 2.60 bits per heavy atom. The molecule has 0 bridgehead atoms. The van der Waals surface area contributed by atoms with E-state index in [-0.39, 0.29) is 11.9 Å². The Labute approximate surface area is 124 Å². The second kappa shape index (κ2) is 6.87. The van der Waals surface area contributed by atoms with Crippen LogP contribution in [0.3, 0.4) is 0 Å². The molecule has 0 heterocycles. The molecule has 0 aliphatic heterocycles. The van der Waals surface area contributed by atoms with Crippen molar-refractivity contribution in [2.24, 2.45) is 0 Å². The summed E-state index contributed by atoms with van der Waals surface area (Å²) in [5.41, 5.74) is 2.43. The van der Waals surface area contributed by atoms with E-state index < -0.39 is 0 Å². The molecule has 0 spiro atoms. The summed E-state index contributed by atoms with van der Waals surface area (Å²) in [6, 6.07) is 12.6. The number of rotatable bonds is 5. The molecule has 0 amide bonds. The monoisotopic (exact) mass is 291 g/mol. The largest absolute Gasteiger partial charge is 0.310 e. The van der Waals surface area contributed by atoms with Gasteiger partial charge in [-0.15, -0.1) is 0 Å². The molecule has 0 saturated heterocycles. The van der Waals surface area contributed by atoms with Gasteiger partial charge >= 0.3 is 0 Å². The molecule has 0 fully saturated rings. The van der Waals surface area contributed by atoms with E-state index in [0.717, 1.165) is 24.1 Å². The molecule has 20 heavy (non-hydrogen) atoms. The normalized spacial score (nSPS) is 12.4. The van der Waals surface area contributed by atoms with E-state index in [9.17, 15) is 4.39 Å². The van der Waals surface area contributed by atoms with Gasteiger partial charge in [-0.3, -0.25) is 0 Å². The quantitative estimate of drug-likeness (QED) is 0.797. The molecule has 0 aromatic heterocycles. The molecule has 2 aromatic rings. The molecule has 0 radical (unpaired) electrons. The van der Waals surface area contributed by atoms with Gasteiger partial charge in [0.1, 0.15) is 5.82 Å². The van der Waals surface area contributed by atoms with Crippen LogP contribution in [0.5, 0.6) is 0 Å². The second-order valence-corrected chi connectivity index (χ2v) is 5.30. The smallest absolute Gasteiger partial charge is 0.131 e. The zero-order chi connectivity index (χ0) is 14.5. The minimum absolute atomic E-state index is 0.192. The molecule has 2 aromatic carbocycles. The highest BCUT2D eigenvalue weighted by atomic mass is 35.5. The molecule has 3 heteroatoms. The summed E-state index contributed by atoms with van der Waals surface area (Å²) < 4.78 is 13.8. The first kappa shape index (κ1) is 15.0. The van der Waals surface area contributed by atoms with Crippen LogP contribution in [0.15, 0.2) is 42.5 Å². The van der Waals surface area contributed by atoms with Crippen molar-refractivity contribution in [1.29, 1.82) is 0 Å². The summed E-state index contributed by atoms with van der Waals surface area (Å²) in [5.74, 6) is -0.228. The Morgan fingerprint density at radius 1 is 1.20 bits per heavy atom. The van der Waals surface area contributed by atoms with E-state index in [1.54, 1.807) is 12.1 Å². The molecule has 1 N–H and O–H groups in total. The number of halogens is 2. The number of hydrogen-bond donors (Lipinski definition) is 1. The van der Waals surface area contributed by atoms with Gasteiger partial charge in [-0.05, 0) is 43.1 Å². The van der Waals surface area contributed by atoms with Gasteiger partial charge in [0.15, 0.2) is 0 Å². The van der Waals surface area contributed by atoms with Gasteiger partial charge in [0.2, 0.25) is 0 Å². The van der Waals surface area contributed by atoms with Gasteiger partial charge in [-0.25, -0.2) is 4.39 Å². The fourth-order valence-corrected chi connectivity index (χ4v) is 2.56. The van der Waals surface area contributed by atoms with Crippen LogP contribution in [0.25, 0.3) is 11.1 Å². The maximum atomic E-state index is 13.8. The van der Waals surface area contributed by atoms with Crippen LogP contribution < -0.4 is 5.32 Å². The standard InChI is InChI=1S/C17H19ClFN/c1-3-10-20-12(2)14-9-8-13(11-16(14)18)15-6-4-5-7-17(15)19/h4-9,11-12,20H,3,10H2,1-2H3. The van der Waals surface area contributed by atoms with E-state index in [2.05, 4.69) is 19.2 Å². The Balaban J connectivity index is 2.28. The van der Waals surface area contributed by atoms with Crippen LogP contribution in [0.4, 0.5) is 4.39 Å². The van der Waals surface area contributed by atoms with Crippen LogP contribution in [0.1, 0.15) is 31.9 Å². The lowest BCUT2D eigenvalue weighted by Gasteiger charge is -2.16. The molecule has 0 aliphatic rings. The summed E-state index contributed by atoms with van der Waals surface area (Å²) in [5, 5.41) is 4.07. The third kappa shape index (κ3) is 3.38. The minimum atomic E-state index is -0.228. The van der Waals surface area contributed by atoms with E-state index >= 15 is 0 Å². The van der Waals surface area contributed by atoms with Crippen molar-refractivity contribution in [2.45, 2.75) is 26.3 Å². The summed E-state index contributed by atoms with van der Waals surface area (Å²) in [6.07, 6.45) is 1.08. The van der Waals surface area contributed by atoms with Gasteiger partial charge in [0, 0.05) is 16.6 Å². The highest BCUT2D eigenvalue weighted by Crippen LogP contribution is 2.30. The maximum absolute atomic E-state index is 13.8. The van der Waals surface area contributed by atoms with Gasteiger partial charge in [0.25, 0.3) is 0 Å². The topological polar surface area (TPSA) is 12.0 Å². The lowest BCUT2D eigenvalue weighted by atomic mass is 10.0. The first-order chi connectivity index (χ1) is 9.63.